The van der Waals surface area contributed by atoms with E-state index in [1.54, 1.807) is 19.2 Å². The lowest BCUT2D eigenvalue weighted by Crippen LogP contribution is -2.10. The molecule has 0 saturated carbocycles. The summed E-state index contributed by atoms with van der Waals surface area (Å²) < 4.78 is 16.6. The van der Waals surface area contributed by atoms with Crippen molar-refractivity contribution in [1.29, 1.82) is 0 Å². The van der Waals surface area contributed by atoms with Gasteiger partial charge in [-0.15, -0.1) is 0 Å². The van der Waals surface area contributed by atoms with E-state index in [4.69, 9.17) is 13.9 Å². The van der Waals surface area contributed by atoms with Gasteiger partial charge in [0, 0.05) is 5.69 Å². The van der Waals surface area contributed by atoms with Gasteiger partial charge in [0.15, 0.2) is 17.3 Å². The number of benzene rings is 3. The molecule has 4 rings (SSSR count). The fourth-order valence-electron chi connectivity index (χ4n) is 2.92. The van der Waals surface area contributed by atoms with Crippen molar-refractivity contribution in [3.63, 3.8) is 0 Å². The molecular weight excluding hydrogens is 354 g/mol. The van der Waals surface area contributed by atoms with Gasteiger partial charge in [0.05, 0.1) is 7.11 Å². The normalized spacial score (nSPS) is 10.6. The smallest absolute Gasteiger partial charge is 0.291 e. The molecule has 0 aliphatic carbocycles. The maximum Gasteiger partial charge on any atom is 0.291 e. The summed E-state index contributed by atoms with van der Waals surface area (Å²) in [7, 11) is 1.59. The number of rotatable bonds is 6. The molecule has 1 amide bonds. The van der Waals surface area contributed by atoms with E-state index in [1.165, 1.54) is 0 Å². The summed E-state index contributed by atoms with van der Waals surface area (Å²) >= 11 is 0. The van der Waals surface area contributed by atoms with Crippen LogP contribution in [0.1, 0.15) is 16.3 Å². The lowest BCUT2D eigenvalue weighted by Gasteiger charge is -2.08. The van der Waals surface area contributed by atoms with Crippen LogP contribution in [-0.2, 0) is 6.61 Å². The van der Waals surface area contributed by atoms with Crippen LogP contribution < -0.4 is 14.8 Å². The number of ether oxygens (including phenoxy) is 2. The van der Waals surface area contributed by atoms with Gasteiger partial charge in [0.2, 0.25) is 0 Å². The number of furan rings is 1. The van der Waals surface area contributed by atoms with Gasteiger partial charge in [0.25, 0.3) is 5.91 Å². The summed E-state index contributed by atoms with van der Waals surface area (Å²) in [6.45, 7) is 0.198. The minimum absolute atomic E-state index is 0.198. The van der Waals surface area contributed by atoms with Crippen molar-refractivity contribution in [2.45, 2.75) is 6.61 Å². The third kappa shape index (κ3) is 3.83. The van der Waals surface area contributed by atoms with Crippen LogP contribution in [0.25, 0.3) is 10.8 Å². The van der Waals surface area contributed by atoms with E-state index in [-0.39, 0.29) is 18.3 Å². The first-order chi connectivity index (χ1) is 13.7. The minimum atomic E-state index is -0.307. The van der Waals surface area contributed by atoms with Crippen LogP contribution in [0.3, 0.4) is 0 Å². The summed E-state index contributed by atoms with van der Waals surface area (Å²) in [4.78, 5) is 12.5. The lowest BCUT2D eigenvalue weighted by molar-refractivity contribution is 0.0992. The molecule has 0 aliphatic heterocycles. The number of hydrogen-bond donors (Lipinski definition) is 1. The van der Waals surface area contributed by atoms with E-state index in [1.807, 2.05) is 66.7 Å². The number of para-hydroxylation sites is 2. The predicted octanol–water partition coefficient (Wildman–Crippen LogP) is 5.27. The van der Waals surface area contributed by atoms with Gasteiger partial charge in [-0.25, -0.2) is 0 Å². The topological polar surface area (TPSA) is 60.7 Å². The number of hydrogen-bond acceptors (Lipinski definition) is 4. The highest BCUT2D eigenvalue weighted by Gasteiger charge is 2.13. The first kappa shape index (κ1) is 17.7. The highest BCUT2D eigenvalue weighted by molar-refractivity contribution is 6.03. The van der Waals surface area contributed by atoms with E-state index in [9.17, 15) is 4.79 Å². The Kier molecular flexibility index (Phi) is 4.97. The number of fused-ring (bicyclic) bond motifs is 1. The molecular formula is C23H19NO4. The average molecular weight is 373 g/mol. The molecule has 1 heterocycles. The van der Waals surface area contributed by atoms with E-state index < -0.39 is 0 Å². The standard InChI is InChI=1S/C23H19NO4/c1-26-20-8-4-5-9-21(20)27-15-19-12-13-22(28-19)23(25)24-18-11-10-16-6-2-3-7-17(16)14-18/h2-14H,15H2,1H3,(H,24,25). The first-order valence-electron chi connectivity index (χ1n) is 8.87. The minimum Gasteiger partial charge on any atom is -0.493 e. The molecule has 4 aromatic rings. The molecule has 1 aromatic heterocycles. The van der Waals surface area contributed by atoms with Crippen molar-refractivity contribution < 1.29 is 18.7 Å². The zero-order valence-corrected chi connectivity index (χ0v) is 15.3. The second-order valence-electron chi connectivity index (χ2n) is 6.22. The van der Waals surface area contributed by atoms with Gasteiger partial charge in [-0.05, 0) is 47.2 Å². The number of carbonyl (C=O) groups is 1. The Morgan fingerprint density at radius 3 is 2.46 bits per heavy atom. The van der Waals surface area contributed by atoms with E-state index in [2.05, 4.69) is 5.32 Å². The second kappa shape index (κ2) is 7.88. The van der Waals surface area contributed by atoms with Crippen LogP contribution in [0, 0.1) is 0 Å². The fraction of sp³-hybridized carbons (Fsp3) is 0.0870. The quantitative estimate of drug-likeness (QED) is 0.500. The van der Waals surface area contributed by atoms with E-state index in [0.29, 0.717) is 22.9 Å². The molecule has 140 valence electrons. The van der Waals surface area contributed by atoms with Gasteiger partial charge >= 0.3 is 0 Å². The Labute approximate surface area is 162 Å². The largest absolute Gasteiger partial charge is 0.493 e. The van der Waals surface area contributed by atoms with Crippen molar-refractivity contribution >= 4 is 22.4 Å². The highest BCUT2D eigenvalue weighted by Crippen LogP contribution is 2.27. The molecule has 28 heavy (non-hydrogen) atoms. The average Bonchev–Trinajstić information content (AvgIpc) is 3.21. The van der Waals surface area contributed by atoms with Crippen molar-refractivity contribution in [2.75, 3.05) is 12.4 Å². The van der Waals surface area contributed by atoms with Crippen LogP contribution in [0.4, 0.5) is 5.69 Å². The molecule has 0 radical (unpaired) electrons. The molecule has 0 spiro atoms. The van der Waals surface area contributed by atoms with Crippen LogP contribution in [0.2, 0.25) is 0 Å². The Balaban J connectivity index is 1.42. The lowest BCUT2D eigenvalue weighted by atomic mass is 10.1. The maximum absolute atomic E-state index is 12.5. The molecule has 5 heteroatoms. The third-order valence-electron chi connectivity index (χ3n) is 4.33. The van der Waals surface area contributed by atoms with Gasteiger partial charge < -0.3 is 19.2 Å². The third-order valence-corrected chi connectivity index (χ3v) is 4.33. The van der Waals surface area contributed by atoms with E-state index in [0.717, 1.165) is 10.8 Å². The zero-order chi connectivity index (χ0) is 19.3. The SMILES string of the molecule is COc1ccccc1OCc1ccc(C(=O)Nc2ccc3ccccc3c2)o1. The molecule has 0 fully saturated rings. The van der Waals surface area contributed by atoms with Gasteiger partial charge in [0.1, 0.15) is 12.4 Å². The highest BCUT2D eigenvalue weighted by atomic mass is 16.5. The number of methoxy groups -OCH3 is 1. The van der Waals surface area contributed by atoms with Gasteiger partial charge in [-0.3, -0.25) is 4.79 Å². The molecule has 0 saturated heterocycles. The van der Waals surface area contributed by atoms with Crippen molar-refractivity contribution in [2.24, 2.45) is 0 Å². The number of nitrogens with one attached hydrogen (secondary N) is 1. The van der Waals surface area contributed by atoms with Gasteiger partial charge in [-0.2, -0.15) is 0 Å². The second-order valence-corrected chi connectivity index (χ2v) is 6.22. The number of amides is 1. The Bertz CT molecular complexity index is 1120. The van der Waals surface area contributed by atoms with Crippen LogP contribution in [0.15, 0.2) is 83.3 Å². The van der Waals surface area contributed by atoms with Crippen molar-refractivity contribution in [3.8, 4) is 11.5 Å². The van der Waals surface area contributed by atoms with Gasteiger partial charge in [-0.1, -0.05) is 42.5 Å². The fourth-order valence-corrected chi connectivity index (χ4v) is 2.92. The summed E-state index contributed by atoms with van der Waals surface area (Å²) in [5.74, 6) is 1.73. The van der Waals surface area contributed by atoms with Crippen molar-refractivity contribution in [1.82, 2.24) is 0 Å². The Hall–Kier alpha value is -3.73. The molecule has 0 bridgehead atoms. The summed E-state index contributed by atoms with van der Waals surface area (Å²) in [6, 6.07) is 24.5. The number of anilines is 1. The zero-order valence-electron chi connectivity index (χ0n) is 15.3. The summed E-state index contributed by atoms with van der Waals surface area (Å²) in [5.41, 5.74) is 0.715. The first-order valence-corrected chi connectivity index (χ1v) is 8.87. The van der Waals surface area contributed by atoms with Crippen LogP contribution in [-0.4, -0.2) is 13.0 Å². The molecule has 0 aliphatic rings. The molecule has 0 unspecified atom stereocenters. The summed E-state index contributed by atoms with van der Waals surface area (Å²) in [6.07, 6.45) is 0. The van der Waals surface area contributed by atoms with E-state index >= 15 is 0 Å². The maximum atomic E-state index is 12.5. The van der Waals surface area contributed by atoms with Crippen LogP contribution in [0.5, 0.6) is 11.5 Å². The number of carbonyl (C=O) groups excluding carboxylic acids is 1. The molecule has 1 N–H and O–H groups in total. The Morgan fingerprint density at radius 2 is 1.64 bits per heavy atom. The van der Waals surface area contributed by atoms with Crippen LogP contribution >= 0.6 is 0 Å². The molecule has 0 atom stereocenters. The summed E-state index contributed by atoms with van der Waals surface area (Å²) in [5, 5.41) is 5.04. The molecule has 5 nitrogen and oxygen atoms in total. The molecule has 3 aromatic carbocycles. The Morgan fingerprint density at radius 1 is 0.893 bits per heavy atom. The predicted molar refractivity (Wildman–Crippen MR) is 108 cm³/mol. The van der Waals surface area contributed by atoms with Crippen molar-refractivity contribution in [3.05, 3.63) is 90.4 Å². The monoisotopic (exact) mass is 373 g/mol.